The predicted octanol–water partition coefficient (Wildman–Crippen LogP) is 4.57. The number of aromatic nitrogens is 2. The second-order valence-electron chi connectivity index (χ2n) is 8.47. The molecule has 1 fully saturated rings. The maximum atomic E-state index is 12.7. The van der Waals surface area contributed by atoms with E-state index >= 15 is 0 Å². The van der Waals surface area contributed by atoms with E-state index in [0.29, 0.717) is 22.8 Å². The lowest BCUT2D eigenvalue weighted by atomic mass is 9.95. The normalized spacial score (nSPS) is 14.4. The summed E-state index contributed by atoms with van der Waals surface area (Å²) in [7, 11) is 0. The molecule has 2 amide bonds. The molecule has 7 nitrogen and oxygen atoms in total. The summed E-state index contributed by atoms with van der Waals surface area (Å²) in [5, 5.41) is 6.23. The maximum absolute atomic E-state index is 12.7. The van der Waals surface area contributed by atoms with Crippen LogP contribution in [-0.4, -0.2) is 27.0 Å². The standard InChI is InChI=1S/C25H29ClN4O3/c1-2-29-21-10-6-7-11-22(21)30(25(29)33)15-14-23(31)27-18-12-13-20(26)19(16-18)24(32)28-17-8-4-3-5-9-17/h6-7,10-13,16-17H,2-5,8-9,14-15H2,1H3,(H,27,31)(H,28,32). The fraction of sp³-hybridized carbons (Fsp3) is 0.400. The van der Waals surface area contributed by atoms with Crippen LogP contribution in [0.4, 0.5) is 5.69 Å². The number of anilines is 1. The fourth-order valence-corrected chi connectivity index (χ4v) is 4.72. The van der Waals surface area contributed by atoms with E-state index in [-0.39, 0.29) is 36.5 Å². The van der Waals surface area contributed by atoms with Crippen LogP contribution in [0.25, 0.3) is 11.0 Å². The topological polar surface area (TPSA) is 85.1 Å². The van der Waals surface area contributed by atoms with Crippen LogP contribution in [0.5, 0.6) is 0 Å². The van der Waals surface area contributed by atoms with Gasteiger partial charge in [-0.1, -0.05) is 43.0 Å². The van der Waals surface area contributed by atoms with Gasteiger partial charge >= 0.3 is 5.69 Å². The van der Waals surface area contributed by atoms with E-state index in [4.69, 9.17) is 11.6 Å². The van der Waals surface area contributed by atoms with Crippen molar-refractivity contribution in [3.63, 3.8) is 0 Å². The molecule has 0 atom stereocenters. The van der Waals surface area contributed by atoms with Gasteiger partial charge in [0.05, 0.1) is 21.6 Å². The minimum atomic E-state index is -0.240. The molecule has 4 rings (SSSR count). The molecule has 8 heteroatoms. The number of nitrogens with zero attached hydrogens (tertiary/aromatic N) is 2. The van der Waals surface area contributed by atoms with Gasteiger partial charge in [-0.3, -0.25) is 18.7 Å². The summed E-state index contributed by atoms with van der Waals surface area (Å²) in [6.07, 6.45) is 5.54. The van der Waals surface area contributed by atoms with Gasteiger partial charge in [-0.25, -0.2) is 4.79 Å². The zero-order chi connectivity index (χ0) is 23.4. The van der Waals surface area contributed by atoms with Gasteiger partial charge in [-0.15, -0.1) is 0 Å². The van der Waals surface area contributed by atoms with E-state index in [2.05, 4.69) is 10.6 Å². The molecule has 1 saturated carbocycles. The number of imidazole rings is 1. The highest BCUT2D eigenvalue weighted by Gasteiger charge is 2.19. The summed E-state index contributed by atoms with van der Waals surface area (Å²) in [4.78, 5) is 38.1. The Hall–Kier alpha value is -3.06. The van der Waals surface area contributed by atoms with Gasteiger partial charge in [-0.05, 0) is 50.1 Å². The van der Waals surface area contributed by atoms with E-state index in [0.717, 1.165) is 36.7 Å². The summed E-state index contributed by atoms with van der Waals surface area (Å²) in [5.41, 5.74) is 2.39. The number of carbonyl (C=O) groups excluding carboxylic acids is 2. The Morgan fingerprint density at radius 3 is 2.42 bits per heavy atom. The minimum Gasteiger partial charge on any atom is -0.349 e. The maximum Gasteiger partial charge on any atom is 0.329 e. The van der Waals surface area contributed by atoms with Gasteiger partial charge in [0.15, 0.2) is 0 Å². The van der Waals surface area contributed by atoms with E-state index in [9.17, 15) is 14.4 Å². The second kappa shape index (κ2) is 10.3. The number of halogens is 1. The number of hydrogen-bond donors (Lipinski definition) is 2. The Balaban J connectivity index is 1.42. The molecule has 2 N–H and O–H groups in total. The zero-order valence-corrected chi connectivity index (χ0v) is 19.5. The van der Waals surface area contributed by atoms with Crippen LogP contribution in [0.2, 0.25) is 5.02 Å². The summed E-state index contributed by atoms with van der Waals surface area (Å²) in [6.45, 7) is 2.75. The molecule has 3 aromatic rings. The van der Waals surface area contributed by atoms with Gasteiger partial charge in [0.1, 0.15) is 0 Å². The summed E-state index contributed by atoms with van der Waals surface area (Å²) < 4.78 is 3.33. The molecular weight excluding hydrogens is 440 g/mol. The summed E-state index contributed by atoms with van der Waals surface area (Å²) in [5.74, 6) is -0.460. The number of benzene rings is 2. The molecule has 0 spiro atoms. The average Bonchev–Trinajstić information content (AvgIpc) is 3.09. The van der Waals surface area contributed by atoms with Crippen LogP contribution in [-0.2, 0) is 17.9 Å². The summed E-state index contributed by atoms with van der Waals surface area (Å²) >= 11 is 6.26. The Morgan fingerprint density at radius 2 is 1.73 bits per heavy atom. The van der Waals surface area contributed by atoms with Crippen molar-refractivity contribution in [1.29, 1.82) is 0 Å². The van der Waals surface area contributed by atoms with Crippen LogP contribution in [0.15, 0.2) is 47.3 Å². The molecule has 1 aliphatic carbocycles. The lowest BCUT2D eigenvalue weighted by Crippen LogP contribution is -2.36. The smallest absolute Gasteiger partial charge is 0.329 e. The number of nitrogens with one attached hydrogen (secondary N) is 2. The quantitative estimate of drug-likeness (QED) is 0.532. The molecule has 1 aliphatic rings. The largest absolute Gasteiger partial charge is 0.349 e. The predicted molar refractivity (Wildman–Crippen MR) is 131 cm³/mol. The Labute approximate surface area is 197 Å². The van der Waals surface area contributed by atoms with E-state index < -0.39 is 0 Å². The molecule has 174 valence electrons. The van der Waals surface area contributed by atoms with Crippen molar-refractivity contribution in [2.75, 3.05) is 5.32 Å². The molecular formula is C25H29ClN4O3. The number of fused-ring (bicyclic) bond motifs is 1. The lowest BCUT2D eigenvalue weighted by molar-refractivity contribution is -0.116. The van der Waals surface area contributed by atoms with Crippen LogP contribution in [0.1, 0.15) is 55.8 Å². The third-order valence-electron chi connectivity index (χ3n) is 6.24. The minimum absolute atomic E-state index is 0.125. The third-order valence-corrected chi connectivity index (χ3v) is 6.57. The molecule has 1 aromatic heterocycles. The van der Waals surface area contributed by atoms with Gasteiger partial charge in [0, 0.05) is 31.2 Å². The first kappa shape index (κ1) is 23.1. The molecule has 33 heavy (non-hydrogen) atoms. The highest BCUT2D eigenvalue weighted by Crippen LogP contribution is 2.23. The van der Waals surface area contributed by atoms with Crippen molar-refractivity contribution in [3.05, 3.63) is 63.5 Å². The molecule has 0 radical (unpaired) electrons. The van der Waals surface area contributed by atoms with Gasteiger partial charge in [-0.2, -0.15) is 0 Å². The van der Waals surface area contributed by atoms with E-state index in [1.807, 2.05) is 31.2 Å². The number of rotatable bonds is 7. The van der Waals surface area contributed by atoms with Crippen molar-refractivity contribution in [2.45, 2.75) is 64.6 Å². The number of amides is 2. The Kier molecular flexibility index (Phi) is 7.18. The van der Waals surface area contributed by atoms with E-state index in [1.54, 1.807) is 27.3 Å². The zero-order valence-electron chi connectivity index (χ0n) is 18.8. The first-order valence-electron chi connectivity index (χ1n) is 11.6. The highest BCUT2D eigenvalue weighted by molar-refractivity contribution is 6.34. The van der Waals surface area contributed by atoms with Crippen LogP contribution < -0.4 is 16.3 Å². The monoisotopic (exact) mass is 468 g/mol. The molecule has 2 aromatic carbocycles. The molecule has 0 saturated heterocycles. The number of aryl methyl sites for hydroxylation is 2. The van der Waals surface area contributed by atoms with Crippen molar-refractivity contribution in [3.8, 4) is 0 Å². The van der Waals surface area contributed by atoms with Crippen LogP contribution in [0, 0.1) is 0 Å². The number of hydrogen-bond acceptors (Lipinski definition) is 3. The Bertz CT molecular complexity index is 1220. The average molecular weight is 469 g/mol. The first-order valence-corrected chi connectivity index (χ1v) is 11.9. The Morgan fingerprint density at radius 1 is 1.03 bits per heavy atom. The third kappa shape index (κ3) is 5.14. The fourth-order valence-electron chi connectivity index (χ4n) is 4.52. The van der Waals surface area contributed by atoms with Crippen LogP contribution in [0.3, 0.4) is 0 Å². The van der Waals surface area contributed by atoms with Crippen molar-refractivity contribution >= 4 is 40.1 Å². The van der Waals surface area contributed by atoms with Gasteiger partial charge in [0.2, 0.25) is 5.91 Å². The second-order valence-corrected chi connectivity index (χ2v) is 8.88. The van der Waals surface area contributed by atoms with Crippen LogP contribution >= 0.6 is 11.6 Å². The van der Waals surface area contributed by atoms with Crippen molar-refractivity contribution < 1.29 is 9.59 Å². The molecule has 0 aliphatic heterocycles. The lowest BCUT2D eigenvalue weighted by Gasteiger charge is -2.23. The van der Waals surface area contributed by atoms with Crippen molar-refractivity contribution in [2.24, 2.45) is 0 Å². The van der Waals surface area contributed by atoms with E-state index in [1.165, 1.54) is 6.42 Å². The number of para-hydroxylation sites is 2. The highest BCUT2D eigenvalue weighted by atomic mass is 35.5. The van der Waals surface area contributed by atoms with Gasteiger partial charge in [0.25, 0.3) is 5.91 Å². The van der Waals surface area contributed by atoms with Gasteiger partial charge < -0.3 is 10.6 Å². The molecule has 1 heterocycles. The molecule has 0 bridgehead atoms. The number of carbonyl (C=O) groups is 2. The molecule has 0 unspecified atom stereocenters. The SMILES string of the molecule is CCn1c(=O)n(CCC(=O)Nc2ccc(Cl)c(C(=O)NC3CCCCC3)c2)c2ccccc21. The van der Waals surface area contributed by atoms with Crippen molar-refractivity contribution in [1.82, 2.24) is 14.5 Å². The summed E-state index contributed by atoms with van der Waals surface area (Å²) in [6, 6.07) is 12.6. The first-order chi connectivity index (χ1) is 16.0.